The lowest BCUT2D eigenvalue weighted by molar-refractivity contribution is -0.121. The minimum absolute atomic E-state index is 0.00320. The van der Waals surface area contributed by atoms with Crippen molar-refractivity contribution in [1.82, 2.24) is 15.3 Å². The summed E-state index contributed by atoms with van der Waals surface area (Å²) < 4.78 is 0. The van der Waals surface area contributed by atoms with Crippen molar-refractivity contribution in [2.75, 3.05) is 6.54 Å². The number of amides is 1. The fraction of sp³-hybridized carbons (Fsp3) is 0.500. The third kappa shape index (κ3) is 2.51. The number of hydrogen-bond donors (Lipinski definition) is 2. The summed E-state index contributed by atoms with van der Waals surface area (Å²) in [7, 11) is 0. The van der Waals surface area contributed by atoms with E-state index < -0.39 is 12.0 Å². The highest BCUT2D eigenvalue weighted by Gasteiger charge is 2.39. The van der Waals surface area contributed by atoms with E-state index in [1.165, 1.54) is 6.07 Å². The number of halogens is 2. The van der Waals surface area contributed by atoms with Crippen LogP contribution in [0.1, 0.15) is 18.5 Å². The van der Waals surface area contributed by atoms with Crippen LogP contribution in [0.3, 0.4) is 0 Å². The molecule has 1 aromatic heterocycles. The van der Waals surface area contributed by atoms with Crippen molar-refractivity contribution in [1.29, 1.82) is 0 Å². The van der Waals surface area contributed by atoms with E-state index in [1.54, 1.807) is 6.92 Å². The largest absolute Gasteiger partial charge is 0.393 e. The van der Waals surface area contributed by atoms with E-state index in [-0.39, 0.29) is 22.3 Å². The van der Waals surface area contributed by atoms with Crippen molar-refractivity contribution in [3.05, 3.63) is 22.2 Å². The predicted molar refractivity (Wildman–Crippen MR) is 63.0 cm³/mol. The first-order chi connectivity index (χ1) is 7.99. The van der Waals surface area contributed by atoms with E-state index in [9.17, 15) is 9.90 Å². The van der Waals surface area contributed by atoms with Crippen LogP contribution in [0.25, 0.3) is 0 Å². The van der Waals surface area contributed by atoms with Gasteiger partial charge in [-0.2, -0.15) is 0 Å². The monoisotopic (exact) mass is 275 g/mol. The SMILES string of the molecule is C[C@@H](O)C1CNC(=O)[C@H]1c1cc(Cl)nc(Cl)n1. The van der Waals surface area contributed by atoms with E-state index in [2.05, 4.69) is 15.3 Å². The number of carbonyl (C=O) groups excluding carboxylic acids is 1. The summed E-state index contributed by atoms with van der Waals surface area (Å²) in [5, 5.41) is 12.5. The van der Waals surface area contributed by atoms with Gasteiger partial charge < -0.3 is 10.4 Å². The Morgan fingerprint density at radius 1 is 1.53 bits per heavy atom. The third-order valence-electron chi connectivity index (χ3n) is 2.85. The summed E-state index contributed by atoms with van der Waals surface area (Å²) in [6, 6.07) is 1.50. The molecule has 5 nitrogen and oxygen atoms in total. The van der Waals surface area contributed by atoms with E-state index in [0.717, 1.165) is 0 Å². The Morgan fingerprint density at radius 3 is 2.82 bits per heavy atom. The number of rotatable bonds is 2. The van der Waals surface area contributed by atoms with Gasteiger partial charge in [-0.15, -0.1) is 0 Å². The highest BCUT2D eigenvalue weighted by Crippen LogP contribution is 2.31. The second kappa shape index (κ2) is 4.76. The fourth-order valence-corrected chi connectivity index (χ4v) is 2.43. The minimum Gasteiger partial charge on any atom is -0.393 e. The highest BCUT2D eigenvalue weighted by atomic mass is 35.5. The zero-order chi connectivity index (χ0) is 12.6. The molecule has 92 valence electrons. The molecule has 1 aliphatic rings. The van der Waals surface area contributed by atoms with Gasteiger partial charge >= 0.3 is 0 Å². The standard InChI is InChI=1S/C10H11Cl2N3O2/c1-4(16)5-3-13-9(17)8(5)6-2-7(11)15-10(12)14-6/h2,4-5,8,16H,3H2,1H3,(H,13,17)/t4-,5?,8-/m1/s1. The fourth-order valence-electron chi connectivity index (χ4n) is 2.01. The molecule has 3 atom stereocenters. The molecule has 0 saturated carbocycles. The van der Waals surface area contributed by atoms with Crippen molar-refractivity contribution in [3.63, 3.8) is 0 Å². The Balaban J connectivity index is 2.39. The maximum atomic E-state index is 11.7. The van der Waals surface area contributed by atoms with Gasteiger partial charge in [0.15, 0.2) is 0 Å². The van der Waals surface area contributed by atoms with Crippen molar-refractivity contribution in [2.24, 2.45) is 5.92 Å². The molecule has 2 rings (SSSR count). The topological polar surface area (TPSA) is 75.1 Å². The summed E-state index contributed by atoms with van der Waals surface area (Å²) in [4.78, 5) is 19.5. The molecular weight excluding hydrogens is 265 g/mol. The van der Waals surface area contributed by atoms with Crippen LogP contribution in [0.4, 0.5) is 0 Å². The zero-order valence-corrected chi connectivity index (χ0v) is 10.5. The van der Waals surface area contributed by atoms with E-state index in [4.69, 9.17) is 23.2 Å². The molecule has 2 N–H and O–H groups in total. The Labute approximate surface area is 108 Å². The number of carbonyl (C=O) groups is 1. The van der Waals surface area contributed by atoms with Gasteiger partial charge in [0, 0.05) is 12.5 Å². The number of aliphatic hydroxyl groups is 1. The minimum atomic E-state index is -0.619. The zero-order valence-electron chi connectivity index (χ0n) is 9.02. The molecule has 0 radical (unpaired) electrons. The molecule has 0 aliphatic carbocycles. The van der Waals surface area contributed by atoms with Crippen LogP contribution < -0.4 is 5.32 Å². The lowest BCUT2D eigenvalue weighted by Gasteiger charge is -2.18. The molecular formula is C10H11Cl2N3O2. The average Bonchev–Trinajstić information content (AvgIpc) is 2.58. The van der Waals surface area contributed by atoms with Crippen LogP contribution in [0, 0.1) is 5.92 Å². The van der Waals surface area contributed by atoms with Crippen molar-refractivity contribution >= 4 is 29.1 Å². The van der Waals surface area contributed by atoms with Gasteiger partial charge in [0.1, 0.15) is 5.15 Å². The molecule has 0 aromatic carbocycles. The smallest absolute Gasteiger partial charge is 0.229 e. The van der Waals surface area contributed by atoms with E-state index in [0.29, 0.717) is 12.2 Å². The Morgan fingerprint density at radius 2 is 2.24 bits per heavy atom. The molecule has 1 fully saturated rings. The van der Waals surface area contributed by atoms with Gasteiger partial charge in [-0.05, 0) is 24.6 Å². The van der Waals surface area contributed by atoms with Crippen LogP contribution in [0.5, 0.6) is 0 Å². The van der Waals surface area contributed by atoms with Crippen molar-refractivity contribution < 1.29 is 9.90 Å². The van der Waals surface area contributed by atoms with Crippen LogP contribution in [0.15, 0.2) is 6.07 Å². The number of hydrogen-bond acceptors (Lipinski definition) is 4. The second-order valence-corrected chi connectivity index (χ2v) is 4.74. The number of aromatic nitrogens is 2. The van der Waals surface area contributed by atoms with Gasteiger partial charge in [0.25, 0.3) is 0 Å². The quantitative estimate of drug-likeness (QED) is 0.624. The first-order valence-corrected chi connectivity index (χ1v) is 5.90. The molecule has 1 aromatic rings. The molecule has 0 bridgehead atoms. The van der Waals surface area contributed by atoms with Crippen LogP contribution in [0.2, 0.25) is 10.4 Å². The van der Waals surface area contributed by atoms with Gasteiger partial charge in [0.2, 0.25) is 11.2 Å². The van der Waals surface area contributed by atoms with Crippen molar-refractivity contribution in [3.8, 4) is 0 Å². The van der Waals surface area contributed by atoms with Crippen molar-refractivity contribution in [2.45, 2.75) is 18.9 Å². The molecule has 1 amide bonds. The maximum absolute atomic E-state index is 11.7. The lowest BCUT2D eigenvalue weighted by atomic mass is 9.88. The van der Waals surface area contributed by atoms with Gasteiger partial charge in [0.05, 0.1) is 17.7 Å². The summed E-state index contributed by atoms with van der Waals surface area (Å²) in [6.07, 6.45) is -0.619. The van der Waals surface area contributed by atoms with Gasteiger partial charge in [-0.1, -0.05) is 11.6 Å². The van der Waals surface area contributed by atoms with E-state index in [1.807, 2.05) is 0 Å². The van der Waals surface area contributed by atoms with Gasteiger partial charge in [-0.3, -0.25) is 4.79 Å². The molecule has 1 unspecified atom stereocenters. The molecule has 17 heavy (non-hydrogen) atoms. The Kier molecular flexibility index (Phi) is 3.51. The molecule has 0 spiro atoms. The first kappa shape index (κ1) is 12.5. The van der Waals surface area contributed by atoms with E-state index >= 15 is 0 Å². The summed E-state index contributed by atoms with van der Waals surface area (Å²) in [5.41, 5.74) is 0.441. The number of aliphatic hydroxyl groups excluding tert-OH is 1. The van der Waals surface area contributed by atoms with Crippen LogP contribution >= 0.6 is 23.2 Å². The number of nitrogens with zero attached hydrogens (tertiary/aromatic N) is 2. The lowest BCUT2D eigenvalue weighted by Crippen LogP contribution is -2.25. The maximum Gasteiger partial charge on any atom is 0.229 e. The molecule has 1 saturated heterocycles. The molecule has 2 heterocycles. The Hall–Kier alpha value is -0.910. The summed E-state index contributed by atoms with van der Waals surface area (Å²) in [5.74, 6) is -0.945. The van der Waals surface area contributed by atoms with Crippen LogP contribution in [-0.2, 0) is 4.79 Å². The predicted octanol–water partition coefficient (Wildman–Crippen LogP) is 0.994. The third-order valence-corrected chi connectivity index (χ3v) is 3.21. The first-order valence-electron chi connectivity index (χ1n) is 5.15. The normalized spacial score (nSPS) is 25.8. The highest BCUT2D eigenvalue weighted by molar-refractivity contribution is 6.31. The Bertz CT molecular complexity index is 433. The average molecular weight is 276 g/mol. The molecule has 7 heteroatoms. The summed E-state index contributed by atoms with van der Waals surface area (Å²) >= 11 is 11.5. The van der Waals surface area contributed by atoms with Crippen LogP contribution in [-0.4, -0.2) is 33.6 Å². The summed E-state index contributed by atoms with van der Waals surface area (Å²) in [6.45, 7) is 2.06. The number of nitrogens with one attached hydrogen (secondary N) is 1. The second-order valence-electron chi connectivity index (χ2n) is 4.01. The van der Waals surface area contributed by atoms with Gasteiger partial charge in [-0.25, -0.2) is 9.97 Å². The molecule has 1 aliphatic heterocycles.